The van der Waals surface area contributed by atoms with Crippen molar-refractivity contribution in [1.29, 1.82) is 0 Å². The normalized spacial score (nSPS) is 10.9. The van der Waals surface area contributed by atoms with E-state index >= 15 is 0 Å². The van der Waals surface area contributed by atoms with Crippen LogP contribution in [0.3, 0.4) is 0 Å². The second kappa shape index (κ2) is 9.25. The monoisotopic (exact) mass is 465 g/mol. The molecule has 0 saturated carbocycles. The number of fused-ring (bicyclic) bond motifs is 1. The van der Waals surface area contributed by atoms with Gasteiger partial charge in [0.1, 0.15) is 17.7 Å². The maximum atomic E-state index is 13.1. The van der Waals surface area contributed by atoms with Gasteiger partial charge in [0.25, 0.3) is 5.56 Å². The molecular formula is C23H20ClN5O4. The number of halogens is 1. The molecule has 10 heteroatoms. The molecule has 0 fully saturated rings. The largest absolute Gasteiger partial charge is 0.497 e. The third-order valence-electron chi connectivity index (χ3n) is 5.06. The van der Waals surface area contributed by atoms with Crippen molar-refractivity contribution in [3.05, 3.63) is 80.6 Å². The van der Waals surface area contributed by atoms with Gasteiger partial charge in [-0.25, -0.2) is 14.8 Å². The zero-order valence-corrected chi connectivity index (χ0v) is 18.7. The highest BCUT2D eigenvalue weighted by Crippen LogP contribution is 2.19. The minimum atomic E-state index is -0.632. The number of hydrogen-bond donors (Lipinski definition) is 1. The standard InChI is InChI=1S/C23H20ClN5O4/c1-3-28-21-18(12-25-20(27-21)14-4-6-15(24)7-5-14)22(31)29(23(28)32)13-19(30)26-16-8-10-17(33-2)11-9-16/h4-12H,3,13H2,1-2H3,(H,26,30). The van der Waals surface area contributed by atoms with Crippen molar-refractivity contribution in [3.63, 3.8) is 0 Å². The molecule has 1 amide bonds. The maximum absolute atomic E-state index is 13.1. The zero-order valence-electron chi connectivity index (χ0n) is 17.9. The summed E-state index contributed by atoms with van der Waals surface area (Å²) in [5.74, 6) is 0.484. The summed E-state index contributed by atoms with van der Waals surface area (Å²) < 4.78 is 7.32. The van der Waals surface area contributed by atoms with Crippen LogP contribution in [0.2, 0.25) is 5.02 Å². The van der Waals surface area contributed by atoms with Gasteiger partial charge in [0.15, 0.2) is 11.5 Å². The third-order valence-corrected chi connectivity index (χ3v) is 5.31. The van der Waals surface area contributed by atoms with Crippen molar-refractivity contribution in [3.8, 4) is 17.1 Å². The molecule has 0 unspecified atom stereocenters. The molecule has 9 nitrogen and oxygen atoms in total. The fourth-order valence-electron chi connectivity index (χ4n) is 3.38. The molecule has 2 aromatic carbocycles. The highest BCUT2D eigenvalue weighted by atomic mass is 35.5. The summed E-state index contributed by atoms with van der Waals surface area (Å²) in [4.78, 5) is 47.4. The lowest BCUT2D eigenvalue weighted by molar-refractivity contribution is -0.116. The fraction of sp³-hybridized carbons (Fsp3) is 0.174. The van der Waals surface area contributed by atoms with Gasteiger partial charge in [0, 0.05) is 29.0 Å². The van der Waals surface area contributed by atoms with Gasteiger partial charge in [-0.1, -0.05) is 11.6 Å². The van der Waals surface area contributed by atoms with Crippen molar-refractivity contribution >= 4 is 34.2 Å². The molecule has 1 N–H and O–H groups in total. The van der Waals surface area contributed by atoms with Crippen LogP contribution in [0.5, 0.6) is 5.75 Å². The van der Waals surface area contributed by atoms with Crippen LogP contribution in [-0.2, 0) is 17.9 Å². The Balaban J connectivity index is 1.71. The van der Waals surface area contributed by atoms with Crippen molar-refractivity contribution < 1.29 is 9.53 Å². The van der Waals surface area contributed by atoms with Crippen LogP contribution in [-0.4, -0.2) is 32.1 Å². The highest BCUT2D eigenvalue weighted by Gasteiger charge is 2.17. The number of aromatic nitrogens is 4. The smallest absolute Gasteiger partial charge is 0.333 e. The lowest BCUT2D eigenvalue weighted by atomic mass is 10.2. The first-order valence-electron chi connectivity index (χ1n) is 10.1. The number of ether oxygens (including phenoxy) is 1. The Labute approximate surface area is 193 Å². The van der Waals surface area contributed by atoms with Gasteiger partial charge in [0.2, 0.25) is 5.91 Å². The molecule has 0 aliphatic heterocycles. The SMILES string of the molecule is CCn1c(=O)n(CC(=O)Nc2ccc(OC)cc2)c(=O)c2cnc(-c3ccc(Cl)cc3)nc21. The van der Waals surface area contributed by atoms with Gasteiger partial charge in [0.05, 0.1) is 7.11 Å². The van der Waals surface area contributed by atoms with Crippen LogP contribution >= 0.6 is 11.6 Å². The molecule has 0 bridgehead atoms. The Morgan fingerprint density at radius 3 is 2.39 bits per heavy atom. The first-order chi connectivity index (χ1) is 15.9. The molecular weight excluding hydrogens is 446 g/mol. The third kappa shape index (κ3) is 4.49. The van der Waals surface area contributed by atoms with E-state index in [2.05, 4.69) is 15.3 Å². The average molecular weight is 466 g/mol. The van der Waals surface area contributed by atoms with Crippen LogP contribution in [0.4, 0.5) is 5.69 Å². The number of benzene rings is 2. The number of amides is 1. The van der Waals surface area contributed by atoms with Crippen LogP contribution in [0.25, 0.3) is 22.4 Å². The Hall–Kier alpha value is -3.98. The molecule has 0 saturated heterocycles. The highest BCUT2D eigenvalue weighted by molar-refractivity contribution is 6.30. The Morgan fingerprint density at radius 2 is 1.76 bits per heavy atom. The number of hydrogen-bond acceptors (Lipinski definition) is 6. The summed E-state index contributed by atoms with van der Waals surface area (Å²) in [5, 5.41) is 3.39. The molecule has 0 aliphatic rings. The minimum absolute atomic E-state index is 0.145. The Bertz CT molecular complexity index is 1440. The second-order valence-corrected chi connectivity index (χ2v) is 7.57. The second-order valence-electron chi connectivity index (χ2n) is 7.13. The Morgan fingerprint density at radius 1 is 1.06 bits per heavy atom. The molecule has 4 rings (SSSR count). The van der Waals surface area contributed by atoms with Gasteiger partial charge in [-0.3, -0.25) is 18.7 Å². The first-order valence-corrected chi connectivity index (χ1v) is 10.5. The van der Waals surface area contributed by atoms with Crippen molar-refractivity contribution in [1.82, 2.24) is 19.1 Å². The number of aryl methyl sites for hydroxylation is 1. The summed E-state index contributed by atoms with van der Waals surface area (Å²) in [7, 11) is 1.54. The van der Waals surface area contributed by atoms with E-state index in [1.165, 1.54) is 10.8 Å². The molecule has 4 aromatic rings. The number of methoxy groups -OCH3 is 1. The predicted octanol–water partition coefficient (Wildman–Crippen LogP) is 2.94. The minimum Gasteiger partial charge on any atom is -0.497 e. The summed E-state index contributed by atoms with van der Waals surface area (Å²) >= 11 is 5.94. The van der Waals surface area contributed by atoms with E-state index in [-0.39, 0.29) is 17.6 Å². The molecule has 0 atom stereocenters. The van der Waals surface area contributed by atoms with Crippen molar-refractivity contribution in [2.45, 2.75) is 20.0 Å². The van der Waals surface area contributed by atoms with E-state index in [4.69, 9.17) is 16.3 Å². The summed E-state index contributed by atoms with van der Waals surface area (Å²) in [6.07, 6.45) is 1.37. The van der Waals surface area contributed by atoms with Crippen LogP contribution < -0.4 is 21.3 Å². The number of rotatable bonds is 6. The summed E-state index contributed by atoms with van der Waals surface area (Å²) in [6.45, 7) is 1.57. The average Bonchev–Trinajstić information content (AvgIpc) is 2.83. The number of carbonyl (C=O) groups excluding carboxylic acids is 1. The van der Waals surface area contributed by atoms with Gasteiger partial charge >= 0.3 is 5.69 Å². The topological polar surface area (TPSA) is 108 Å². The molecule has 33 heavy (non-hydrogen) atoms. The van der Waals surface area contributed by atoms with Crippen molar-refractivity contribution in [2.24, 2.45) is 0 Å². The molecule has 168 valence electrons. The number of nitrogens with one attached hydrogen (secondary N) is 1. The fourth-order valence-corrected chi connectivity index (χ4v) is 3.50. The van der Waals surface area contributed by atoms with E-state index in [0.29, 0.717) is 27.8 Å². The van der Waals surface area contributed by atoms with Crippen LogP contribution in [0.15, 0.2) is 64.3 Å². The molecule has 2 aromatic heterocycles. The Kier molecular flexibility index (Phi) is 6.23. The first kappa shape index (κ1) is 22.2. The lowest BCUT2D eigenvalue weighted by Crippen LogP contribution is -2.42. The molecule has 0 spiro atoms. The van der Waals surface area contributed by atoms with Gasteiger partial charge in [-0.2, -0.15) is 0 Å². The number of nitrogens with zero attached hydrogens (tertiary/aromatic N) is 4. The van der Waals surface area contributed by atoms with E-state index in [1.807, 2.05) is 0 Å². The van der Waals surface area contributed by atoms with Gasteiger partial charge in [-0.05, 0) is 55.5 Å². The van der Waals surface area contributed by atoms with E-state index in [9.17, 15) is 14.4 Å². The maximum Gasteiger partial charge on any atom is 0.333 e. The van der Waals surface area contributed by atoms with Gasteiger partial charge in [-0.15, -0.1) is 0 Å². The lowest BCUT2D eigenvalue weighted by Gasteiger charge is -2.13. The molecule has 0 aliphatic carbocycles. The van der Waals surface area contributed by atoms with E-state index in [1.54, 1.807) is 62.6 Å². The summed E-state index contributed by atoms with van der Waals surface area (Å²) in [5.41, 5.74) is 0.160. The van der Waals surface area contributed by atoms with E-state index in [0.717, 1.165) is 4.57 Å². The molecule has 2 heterocycles. The van der Waals surface area contributed by atoms with Crippen LogP contribution in [0.1, 0.15) is 6.92 Å². The molecule has 0 radical (unpaired) electrons. The zero-order chi connectivity index (χ0) is 23.5. The van der Waals surface area contributed by atoms with Crippen molar-refractivity contribution in [2.75, 3.05) is 12.4 Å². The van der Waals surface area contributed by atoms with E-state index < -0.39 is 23.7 Å². The quantitative estimate of drug-likeness (QED) is 0.469. The number of anilines is 1. The van der Waals surface area contributed by atoms with Crippen LogP contribution in [0, 0.1) is 0 Å². The number of carbonyl (C=O) groups is 1. The van der Waals surface area contributed by atoms with Gasteiger partial charge < -0.3 is 10.1 Å². The summed E-state index contributed by atoms with van der Waals surface area (Å²) in [6, 6.07) is 13.6. The predicted molar refractivity (Wildman–Crippen MR) is 126 cm³/mol.